The molecular weight excluding hydrogens is 222 g/mol. The summed E-state index contributed by atoms with van der Waals surface area (Å²) < 4.78 is 31.6. The van der Waals surface area contributed by atoms with Gasteiger partial charge in [0.2, 0.25) is 0 Å². The average Bonchev–Trinajstić information content (AvgIpc) is 2.15. The van der Waals surface area contributed by atoms with Crippen LogP contribution in [-0.2, 0) is 10.4 Å². The minimum atomic E-state index is -4.67. The van der Waals surface area contributed by atoms with Crippen LogP contribution in [0, 0.1) is 0 Å². The van der Waals surface area contributed by atoms with Crippen molar-refractivity contribution >= 4 is 10.4 Å². The lowest BCUT2D eigenvalue weighted by Gasteiger charge is -2.06. The normalized spacial score (nSPS) is 12.5. The molecule has 7 heteroatoms. The summed E-state index contributed by atoms with van der Waals surface area (Å²) in [5, 5.41) is 8.66. The maximum atomic E-state index is 8.74. The van der Waals surface area contributed by atoms with Crippen LogP contribution in [0.5, 0.6) is 0 Å². The molecule has 1 aromatic rings. The third-order valence-corrected chi connectivity index (χ3v) is 1.42. The minimum absolute atomic E-state index is 0.00398. The largest absolute Gasteiger partial charge is 0.394 e. The van der Waals surface area contributed by atoms with Gasteiger partial charge in [-0.15, -0.1) is 0 Å². The molecule has 0 aliphatic heterocycles. The Bertz CT molecular complexity index is 356. The highest BCUT2D eigenvalue weighted by atomic mass is 32.3. The summed E-state index contributed by atoms with van der Waals surface area (Å²) in [6, 6.07) is 9.31. The number of nitrogens with two attached hydrogens (primary N) is 1. The van der Waals surface area contributed by atoms with Crippen LogP contribution >= 0.6 is 0 Å². The van der Waals surface area contributed by atoms with Crippen LogP contribution in [0.1, 0.15) is 11.6 Å². The summed E-state index contributed by atoms with van der Waals surface area (Å²) in [5.41, 5.74) is 6.52. The lowest BCUT2D eigenvalue weighted by molar-refractivity contribution is 0.268. The molecule has 15 heavy (non-hydrogen) atoms. The third kappa shape index (κ3) is 9.32. The fourth-order valence-corrected chi connectivity index (χ4v) is 0.806. The van der Waals surface area contributed by atoms with Gasteiger partial charge in [0.1, 0.15) is 0 Å². The first-order valence-electron chi connectivity index (χ1n) is 3.96. The van der Waals surface area contributed by atoms with Crippen LogP contribution in [0.2, 0.25) is 0 Å². The smallest absolute Gasteiger partial charge is 0.394 e. The molecule has 0 spiro atoms. The van der Waals surface area contributed by atoms with E-state index in [1.165, 1.54) is 0 Å². The molecule has 0 amide bonds. The van der Waals surface area contributed by atoms with Gasteiger partial charge < -0.3 is 10.8 Å². The van der Waals surface area contributed by atoms with Gasteiger partial charge in [-0.25, -0.2) is 0 Å². The van der Waals surface area contributed by atoms with Crippen molar-refractivity contribution in [2.75, 3.05) is 6.61 Å². The highest BCUT2D eigenvalue weighted by molar-refractivity contribution is 7.79. The SMILES string of the molecule is NC(CO)c1ccccc1.O=S(=O)(O)O. The van der Waals surface area contributed by atoms with Crippen molar-refractivity contribution in [1.29, 1.82) is 0 Å². The zero-order chi connectivity index (χ0) is 11.9. The van der Waals surface area contributed by atoms with Gasteiger partial charge in [0.15, 0.2) is 0 Å². The molecule has 1 rings (SSSR count). The number of hydrogen-bond donors (Lipinski definition) is 4. The fourth-order valence-electron chi connectivity index (χ4n) is 0.806. The molecule has 0 aromatic heterocycles. The lowest BCUT2D eigenvalue weighted by Crippen LogP contribution is -2.13. The Hall–Kier alpha value is -0.990. The second-order valence-electron chi connectivity index (χ2n) is 2.65. The first-order valence-corrected chi connectivity index (χ1v) is 5.35. The Morgan fingerprint density at radius 3 is 1.93 bits per heavy atom. The molecule has 0 radical (unpaired) electrons. The zero-order valence-corrected chi connectivity index (χ0v) is 8.63. The Morgan fingerprint density at radius 2 is 1.60 bits per heavy atom. The van der Waals surface area contributed by atoms with E-state index in [0.29, 0.717) is 0 Å². The molecule has 1 atom stereocenters. The molecule has 0 aliphatic carbocycles. The van der Waals surface area contributed by atoms with Crippen LogP contribution in [-0.4, -0.2) is 29.2 Å². The number of rotatable bonds is 2. The Balaban J connectivity index is 0.000000336. The molecule has 0 fully saturated rings. The van der Waals surface area contributed by atoms with Crippen molar-refractivity contribution in [3.63, 3.8) is 0 Å². The summed E-state index contributed by atoms with van der Waals surface area (Å²) in [6.07, 6.45) is 0. The van der Waals surface area contributed by atoms with Gasteiger partial charge in [-0.05, 0) is 5.56 Å². The van der Waals surface area contributed by atoms with Crippen molar-refractivity contribution < 1.29 is 22.6 Å². The Labute approximate surface area is 87.9 Å². The average molecular weight is 235 g/mol. The van der Waals surface area contributed by atoms with Gasteiger partial charge in [0.05, 0.1) is 12.6 Å². The quantitative estimate of drug-likeness (QED) is 0.536. The summed E-state index contributed by atoms with van der Waals surface area (Å²) in [7, 11) is -4.67. The summed E-state index contributed by atoms with van der Waals surface area (Å²) in [5.74, 6) is 0. The van der Waals surface area contributed by atoms with Crippen molar-refractivity contribution in [1.82, 2.24) is 0 Å². The first-order chi connectivity index (χ1) is 6.84. The molecule has 86 valence electrons. The van der Waals surface area contributed by atoms with Gasteiger partial charge in [0, 0.05) is 0 Å². The van der Waals surface area contributed by atoms with E-state index in [1.54, 1.807) is 0 Å². The molecule has 1 aromatic carbocycles. The molecule has 0 saturated heterocycles. The molecule has 0 saturated carbocycles. The van der Waals surface area contributed by atoms with E-state index < -0.39 is 10.4 Å². The van der Waals surface area contributed by atoms with Gasteiger partial charge >= 0.3 is 10.4 Å². The van der Waals surface area contributed by atoms with Crippen LogP contribution in [0.4, 0.5) is 0 Å². The topological polar surface area (TPSA) is 121 Å². The van der Waals surface area contributed by atoms with Gasteiger partial charge in [-0.1, -0.05) is 30.3 Å². The summed E-state index contributed by atoms with van der Waals surface area (Å²) >= 11 is 0. The maximum Gasteiger partial charge on any atom is 0.394 e. The molecule has 0 aliphatic rings. The van der Waals surface area contributed by atoms with Crippen molar-refractivity contribution in [3.8, 4) is 0 Å². The van der Waals surface area contributed by atoms with Crippen LogP contribution in [0.25, 0.3) is 0 Å². The van der Waals surface area contributed by atoms with Gasteiger partial charge in [0.25, 0.3) is 0 Å². The Kier molecular flexibility index (Phi) is 6.06. The fraction of sp³-hybridized carbons (Fsp3) is 0.250. The second-order valence-corrected chi connectivity index (χ2v) is 3.54. The van der Waals surface area contributed by atoms with E-state index in [2.05, 4.69) is 0 Å². The molecule has 1 unspecified atom stereocenters. The predicted octanol–water partition coefficient (Wildman–Crippen LogP) is 0.0259. The van der Waals surface area contributed by atoms with Crippen molar-refractivity contribution in [3.05, 3.63) is 35.9 Å². The third-order valence-electron chi connectivity index (χ3n) is 1.42. The standard InChI is InChI=1S/C8H11NO.H2O4S/c9-8(6-10)7-4-2-1-3-5-7;1-5(2,3)4/h1-5,8,10H,6,9H2;(H2,1,2,3,4). The second kappa shape index (κ2) is 6.49. The molecular formula is C8H13NO5S. The van der Waals surface area contributed by atoms with Crippen molar-refractivity contribution in [2.45, 2.75) is 6.04 Å². The number of aliphatic hydroxyl groups excluding tert-OH is 1. The summed E-state index contributed by atoms with van der Waals surface area (Å²) in [6.45, 7) is 0.00398. The number of aliphatic hydroxyl groups is 1. The number of benzene rings is 1. The molecule has 5 N–H and O–H groups in total. The minimum Gasteiger partial charge on any atom is -0.394 e. The van der Waals surface area contributed by atoms with Gasteiger partial charge in [-0.3, -0.25) is 9.11 Å². The summed E-state index contributed by atoms with van der Waals surface area (Å²) in [4.78, 5) is 0. The first kappa shape index (κ1) is 14.0. The molecule has 0 heterocycles. The highest BCUT2D eigenvalue weighted by Crippen LogP contribution is 2.06. The highest BCUT2D eigenvalue weighted by Gasteiger charge is 2.00. The van der Waals surface area contributed by atoms with Crippen LogP contribution < -0.4 is 5.73 Å². The van der Waals surface area contributed by atoms with E-state index in [4.69, 9.17) is 28.4 Å². The monoisotopic (exact) mass is 235 g/mol. The predicted molar refractivity (Wildman–Crippen MR) is 54.6 cm³/mol. The number of hydrogen-bond acceptors (Lipinski definition) is 4. The van der Waals surface area contributed by atoms with Crippen LogP contribution in [0.15, 0.2) is 30.3 Å². The zero-order valence-electron chi connectivity index (χ0n) is 7.81. The Morgan fingerprint density at radius 1 is 1.20 bits per heavy atom. The van der Waals surface area contributed by atoms with Crippen molar-refractivity contribution in [2.24, 2.45) is 5.73 Å². The van der Waals surface area contributed by atoms with Crippen LogP contribution in [0.3, 0.4) is 0 Å². The molecule has 6 nitrogen and oxygen atoms in total. The van der Waals surface area contributed by atoms with E-state index in [-0.39, 0.29) is 12.6 Å². The van der Waals surface area contributed by atoms with E-state index in [1.807, 2.05) is 30.3 Å². The van der Waals surface area contributed by atoms with E-state index >= 15 is 0 Å². The van der Waals surface area contributed by atoms with E-state index in [9.17, 15) is 0 Å². The maximum absolute atomic E-state index is 8.74. The molecule has 0 bridgehead atoms. The van der Waals surface area contributed by atoms with Gasteiger partial charge in [-0.2, -0.15) is 8.42 Å². The van der Waals surface area contributed by atoms with E-state index in [0.717, 1.165) is 5.56 Å². The lowest BCUT2D eigenvalue weighted by atomic mass is 10.1.